The molecule has 1 aromatic rings. The lowest BCUT2D eigenvalue weighted by atomic mass is 9.96. The van der Waals surface area contributed by atoms with Gasteiger partial charge in [-0.25, -0.2) is 4.39 Å². The third-order valence-corrected chi connectivity index (χ3v) is 3.30. The van der Waals surface area contributed by atoms with E-state index in [4.69, 9.17) is 11.0 Å². The van der Waals surface area contributed by atoms with Gasteiger partial charge in [-0.1, -0.05) is 13.3 Å². The molecule has 1 unspecified atom stereocenters. The minimum absolute atomic E-state index is 0.0719. The molecule has 0 bridgehead atoms. The van der Waals surface area contributed by atoms with Crippen LogP contribution in [0.4, 0.5) is 10.1 Å². The predicted molar refractivity (Wildman–Crippen MR) is 76.4 cm³/mol. The molecule has 1 atom stereocenters. The summed E-state index contributed by atoms with van der Waals surface area (Å²) in [5.74, 6) is -0.260. The van der Waals surface area contributed by atoms with Gasteiger partial charge in [0.05, 0.1) is 5.56 Å². The number of halogens is 1. The van der Waals surface area contributed by atoms with Gasteiger partial charge >= 0.3 is 0 Å². The number of benzene rings is 1. The molecule has 1 rings (SSSR count). The van der Waals surface area contributed by atoms with Crippen molar-refractivity contribution in [2.75, 3.05) is 11.9 Å². The molecule has 0 radical (unpaired) electrons. The van der Waals surface area contributed by atoms with E-state index in [0.29, 0.717) is 24.6 Å². The number of carbonyl (C=O) groups is 1. The number of hydrogen-bond acceptors (Lipinski definition) is 3. The highest BCUT2D eigenvalue weighted by atomic mass is 19.1. The first-order valence-corrected chi connectivity index (χ1v) is 6.80. The standard InChI is InChI=1S/C15H20FN3O/c1-2-11(7-8-17)3-6-15(20)19-13-4-5-14(16)12(9-13)10-18/h4-5,9,11H,2-3,6-8,17H2,1H3,(H,19,20). The number of amides is 1. The van der Waals surface area contributed by atoms with E-state index in [-0.39, 0.29) is 11.5 Å². The van der Waals surface area contributed by atoms with E-state index in [1.165, 1.54) is 18.2 Å². The summed E-state index contributed by atoms with van der Waals surface area (Å²) in [5.41, 5.74) is 5.89. The summed E-state index contributed by atoms with van der Waals surface area (Å²) in [5, 5.41) is 11.4. The van der Waals surface area contributed by atoms with Crippen LogP contribution >= 0.6 is 0 Å². The van der Waals surface area contributed by atoms with Crippen molar-refractivity contribution in [3.63, 3.8) is 0 Å². The van der Waals surface area contributed by atoms with E-state index >= 15 is 0 Å². The number of nitrogens with two attached hydrogens (primary N) is 1. The highest BCUT2D eigenvalue weighted by molar-refractivity contribution is 5.90. The molecule has 3 N–H and O–H groups in total. The normalized spacial score (nSPS) is 11.7. The van der Waals surface area contributed by atoms with Gasteiger partial charge < -0.3 is 11.1 Å². The topological polar surface area (TPSA) is 78.9 Å². The zero-order chi connectivity index (χ0) is 15.0. The van der Waals surface area contributed by atoms with Gasteiger partial charge in [-0.2, -0.15) is 5.26 Å². The average Bonchev–Trinajstić information content (AvgIpc) is 2.45. The van der Waals surface area contributed by atoms with Gasteiger partial charge in [0.25, 0.3) is 0 Å². The summed E-state index contributed by atoms with van der Waals surface area (Å²) in [4.78, 5) is 11.8. The van der Waals surface area contributed by atoms with Crippen LogP contribution < -0.4 is 11.1 Å². The fourth-order valence-corrected chi connectivity index (χ4v) is 2.04. The van der Waals surface area contributed by atoms with Crippen molar-refractivity contribution in [1.82, 2.24) is 0 Å². The van der Waals surface area contributed by atoms with Gasteiger partial charge in [-0.05, 0) is 43.5 Å². The Morgan fingerprint density at radius 3 is 2.85 bits per heavy atom. The molecule has 0 saturated carbocycles. The Bertz CT molecular complexity index is 496. The van der Waals surface area contributed by atoms with Gasteiger partial charge in [0.2, 0.25) is 5.91 Å². The quantitative estimate of drug-likeness (QED) is 0.804. The Morgan fingerprint density at radius 1 is 1.50 bits per heavy atom. The van der Waals surface area contributed by atoms with Gasteiger partial charge in [0.1, 0.15) is 11.9 Å². The maximum absolute atomic E-state index is 13.1. The third kappa shape index (κ3) is 4.98. The van der Waals surface area contributed by atoms with Crippen LogP contribution in [0.5, 0.6) is 0 Å². The zero-order valence-electron chi connectivity index (χ0n) is 11.7. The highest BCUT2D eigenvalue weighted by Gasteiger charge is 2.10. The fraction of sp³-hybridized carbons (Fsp3) is 0.467. The summed E-state index contributed by atoms with van der Waals surface area (Å²) in [6.07, 6.45) is 3.10. The second-order valence-corrected chi connectivity index (χ2v) is 4.74. The van der Waals surface area contributed by atoms with Crippen LogP contribution in [0.15, 0.2) is 18.2 Å². The van der Waals surface area contributed by atoms with Gasteiger partial charge in [-0.3, -0.25) is 4.79 Å². The van der Waals surface area contributed by atoms with E-state index in [0.717, 1.165) is 19.3 Å². The number of rotatable bonds is 7. The molecule has 0 saturated heterocycles. The first-order chi connectivity index (χ1) is 9.60. The van der Waals surface area contributed by atoms with E-state index in [1.807, 2.05) is 0 Å². The monoisotopic (exact) mass is 277 g/mol. The van der Waals surface area contributed by atoms with Crippen molar-refractivity contribution in [2.45, 2.75) is 32.6 Å². The number of nitrogens with zero attached hydrogens (tertiary/aromatic N) is 1. The smallest absolute Gasteiger partial charge is 0.224 e. The molecule has 0 aliphatic heterocycles. The van der Waals surface area contributed by atoms with Crippen molar-refractivity contribution in [2.24, 2.45) is 11.7 Å². The van der Waals surface area contributed by atoms with Crippen LogP contribution in [0, 0.1) is 23.1 Å². The number of hydrogen-bond donors (Lipinski definition) is 2. The SMILES string of the molecule is CCC(CCN)CCC(=O)Nc1ccc(F)c(C#N)c1. The van der Waals surface area contributed by atoms with Crippen LogP contribution in [0.25, 0.3) is 0 Å². The summed E-state index contributed by atoms with van der Waals surface area (Å²) < 4.78 is 13.1. The zero-order valence-corrected chi connectivity index (χ0v) is 11.7. The molecule has 1 amide bonds. The Morgan fingerprint density at radius 2 is 2.25 bits per heavy atom. The highest BCUT2D eigenvalue weighted by Crippen LogP contribution is 2.17. The number of nitrogens with one attached hydrogen (secondary N) is 1. The molecular formula is C15H20FN3O. The summed E-state index contributed by atoms with van der Waals surface area (Å²) in [6, 6.07) is 5.71. The van der Waals surface area contributed by atoms with Crippen LogP contribution in [0.1, 0.15) is 38.2 Å². The van der Waals surface area contributed by atoms with E-state index in [1.54, 1.807) is 6.07 Å². The Balaban J connectivity index is 2.52. The van der Waals surface area contributed by atoms with E-state index in [9.17, 15) is 9.18 Å². The first kappa shape index (κ1) is 16.1. The molecule has 0 aliphatic carbocycles. The summed E-state index contributed by atoms with van der Waals surface area (Å²) in [7, 11) is 0. The lowest BCUT2D eigenvalue weighted by molar-refractivity contribution is -0.116. The Labute approximate surface area is 118 Å². The van der Waals surface area contributed by atoms with Crippen molar-refractivity contribution >= 4 is 11.6 Å². The van der Waals surface area contributed by atoms with Crippen molar-refractivity contribution in [3.8, 4) is 6.07 Å². The number of carbonyl (C=O) groups excluding carboxylic acids is 1. The molecular weight excluding hydrogens is 257 g/mol. The molecule has 0 spiro atoms. The lowest BCUT2D eigenvalue weighted by Crippen LogP contribution is -2.15. The van der Waals surface area contributed by atoms with Gasteiger partial charge in [0.15, 0.2) is 0 Å². The van der Waals surface area contributed by atoms with Crippen LogP contribution in [-0.2, 0) is 4.79 Å². The second kappa shape index (κ2) is 8.28. The minimum atomic E-state index is -0.584. The number of anilines is 1. The van der Waals surface area contributed by atoms with Crippen LogP contribution in [0.2, 0.25) is 0 Å². The molecule has 0 fully saturated rings. The Kier molecular flexibility index (Phi) is 6.68. The Hall–Kier alpha value is -1.93. The number of nitriles is 1. The van der Waals surface area contributed by atoms with E-state index < -0.39 is 5.82 Å². The molecule has 5 heteroatoms. The van der Waals surface area contributed by atoms with Crippen molar-refractivity contribution < 1.29 is 9.18 Å². The van der Waals surface area contributed by atoms with Crippen LogP contribution in [0.3, 0.4) is 0 Å². The molecule has 0 heterocycles. The summed E-state index contributed by atoms with van der Waals surface area (Å²) in [6.45, 7) is 2.71. The minimum Gasteiger partial charge on any atom is -0.330 e. The third-order valence-electron chi connectivity index (χ3n) is 3.30. The van der Waals surface area contributed by atoms with Gasteiger partial charge in [-0.15, -0.1) is 0 Å². The molecule has 0 aromatic heterocycles. The maximum Gasteiger partial charge on any atom is 0.224 e. The summed E-state index contributed by atoms with van der Waals surface area (Å²) >= 11 is 0. The molecule has 108 valence electrons. The van der Waals surface area contributed by atoms with Gasteiger partial charge in [0, 0.05) is 12.1 Å². The molecule has 1 aromatic carbocycles. The maximum atomic E-state index is 13.1. The fourth-order valence-electron chi connectivity index (χ4n) is 2.04. The van der Waals surface area contributed by atoms with E-state index in [2.05, 4.69) is 12.2 Å². The molecule has 4 nitrogen and oxygen atoms in total. The van der Waals surface area contributed by atoms with Crippen LogP contribution in [-0.4, -0.2) is 12.5 Å². The molecule has 0 aliphatic rings. The van der Waals surface area contributed by atoms with Crippen molar-refractivity contribution in [3.05, 3.63) is 29.6 Å². The largest absolute Gasteiger partial charge is 0.330 e. The van der Waals surface area contributed by atoms with Crippen molar-refractivity contribution in [1.29, 1.82) is 5.26 Å². The second-order valence-electron chi connectivity index (χ2n) is 4.74. The molecule has 20 heavy (non-hydrogen) atoms. The first-order valence-electron chi connectivity index (χ1n) is 6.80. The average molecular weight is 277 g/mol. The lowest BCUT2D eigenvalue weighted by Gasteiger charge is -2.13. The predicted octanol–water partition coefficient (Wildman–Crippen LogP) is 2.79.